The van der Waals surface area contributed by atoms with Gasteiger partial charge in [-0.1, -0.05) is 38.0 Å². The van der Waals surface area contributed by atoms with E-state index in [4.69, 9.17) is 8.83 Å². The summed E-state index contributed by atoms with van der Waals surface area (Å²) in [6, 6.07) is 7.82. The minimum Gasteiger partial charge on any atom is -0.429 e. The Labute approximate surface area is 158 Å². The van der Waals surface area contributed by atoms with Gasteiger partial charge in [-0.15, -0.1) is 0 Å². The van der Waals surface area contributed by atoms with E-state index >= 15 is 0 Å². The Balaban J connectivity index is 1.70. The molecule has 0 spiro atoms. The van der Waals surface area contributed by atoms with Crippen LogP contribution in [0.5, 0.6) is 0 Å². The summed E-state index contributed by atoms with van der Waals surface area (Å²) in [6.07, 6.45) is 5.71. The molecule has 0 atom stereocenters. The lowest BCUT2D eigenvalue weighted by Gasteiger charge is -1.97. The monoisotopic (exact) mass is 356 g/mol. The van der Waals surface area contributed by atoms with Crippen LogP contribution in [-0.4, -0.2) is 9.97 Å². The molecule has 4 nitrogen and oxygen atoms in total. The second-order valence-electron chi connectivity index (χ2n) is 6.45. The number of benzene rings is 2. The summed E-state index contributed by atoms with van der Waals surface area (Å²) in [7, 11) is 0. The molecule has 4 rings (SSSR count). The van der Waals surface area contributed by atoms with Crippen molar-refractivity contribution in [2.45, 2.75) is 46.0 Å². The standard InChI is InChI=1S/C23H20N2O2/c1-3-5-6-7-8-9-11-21-25-19-15-13-16-17(23(19)27-21)12-14-18-22(16)26-20(24-18)10-4-2/h12-15H,3,5-8H2,1-2H3. The maximum Gasteiger partial charge on any atom is 0.274 e. The number of aromatic nitrogens is 2. The zero-order valence-electron chi connectivity index (χ0n) is 15.6. The summed E-state index contributed by atoms with van der Waals surface area (Å²) in [4.78, 5) is 8.90. The Bertz CT molecular complexity index is 1240. The highest BCUT2D eigenvalue weighted by atomic mass is 16.4. The number of nitrogens with zero attached hydrogens (tertiary/aromatic N) is 2. The second kappa shape index (κ2) is 7.56. The molecule has 0 radical (unpaired) electrons. The van der Waals surface area contributed by atoms with Crippen LogP contribution >= 0.6 is 0 Å². The first-order chi connectivity index (χ1) is 13.3. The highest BCUT2D eigenvalue weighted by molar-refractivity contribution is 6.12. The van der Waals surface area contributed by atoms with Crippen LogP contribution in [-0.2, 0) is 0 Å². The largest absolute Gasteiger partial charge is 0.429 e. The first kappa shape index (κ1) is 17.2. The zero-order chi connectivity index (χ0) is 18.6. The molecule has 0 N–H and O–H groups in total. The van der Waals surface area contributed by atoms with Crippen LogP contribution in [0.3, 0.4) is 0 Å². The second-order valence-corrected chi connectivity index (χ2v) is 6.45. The minimum atomic E-state index is 0.423. The van der Waals surface area contributed by atoms with Gasteiger partial charge < -0.3 is 8.83 Å². The summed E-state index contributed by atoms with van der Waals surface area (Å²) in [5.41, 5.74) is 3.02. The van der Waals surface area contributed by atoms with Crippen molar-refractivity contribution >= 4 is 33.0 Å². The Morgan fingerprint density at radius 1 is 0.815 bits per heavy atom. The van der Waals surface area contributed by atoms with Crippen LogP contribution in [0.4, 0.5) is 0 Å². The Morgan fingerprint density at radius 2 is 1.44 bits per heavy atom. The Kier molecular flexibility index (Phi) is 4.81. The maximum absolute atomic E-state index is 5.94. The molecule has 27 heavy (non-hydrogen) atoms. The summed E-state index contributed by atoms with van der Waals surface area (Å²) < 4.78 is 11.8. The topological polar surface area (TPSA) is 52.1 Å². The van der Waals surface area contributed by atoms with Gasteiger partial charge in [-0.2, -0.15) is 0 Å². The first-order valence-corrected chi connectivity index (χ1v) is 9.34. The van der Waals surface area contributed by atoms with Crippen molar-refractivity contribution in [2.24, 2.45) is 0 Å². The quantitative estimate of drug-likeness (QED) is 0.342. The molecule has 0 unspecified atom stereocenters. The van der Waals surface area contributed by atoms with Crippen LogP contribution in [0.1, 0.15) is 57.7 Å². The normalized spacial score (nSPS) is 10.7. The predicted molar refractivity (Wildman–Crippen MR) is 107 cm³/mol. The highest BCUT2D eigenvalue weighted by Gasteiger charge is 2.13. The summed E-state index contributed by atoms with van der Waals surface area (Å²) in [6.45, 7) is 3.97. The summed E-state index contributed by atoms with van der Waals surface area (Å²) in [5, 5.41) is 1.88. The van der Waals surface area contributed by atoms with E-state index < -0.39 is 0 Å². The molecule has 0 saturated carbocycles. The van der Waals surface area contributed by atoms with Gasteiger partial charge >= 0.3 is 0 Å². The average molecular weight is 356 g/mol. The lowest BCUT2D eigenvalue weighted by molar-refractivity contribution is 0.586. The molecule has 0 fully saturated rings. The molecule has 4 heteroatoms. The third kappa shape index (κ3) is 3.39. The highest BCUT2D eigenvalue weighted by Crippen LogP contribution is 2.31. The van der Waals surface area contributed by atoms with Gasteiger partial charge in [0.15, 0.2) is 11.2 Å². The van der Waals surface area contributed by atoms with Gasteiger partial charge in [-0.05, 0) is 49.5 Å². The fourth-order valence-electron chi connectivity index (χ4n) is 3.17. The van der Waals surface area contributed by atoms with Crippen molar-refractivity contribution in [1.82, 2.24) is 9.97 Å². The smallest absolute Gasteiger partial charge is 0.274 e. The van der Waals surface area contributed by atoms with Crippen molar-refractivity contribution in [2.75, 3.05) is 0 Å². The average Bonchev–Trinajstić information content (AvgIpc) is 3.27. The van der Waals surface area contributed by atoms with Crippen LogP contribution < -0.4 is 0 Å². The Hall–Kier alpha value is -3.24. The van der Waals surface area contributed by atoms with E-state index in [1.807, 2.05) is 24.3 Å². The lowest BCUT2D eigenvalue weighted by Crippen LogP contribution is -1.76. The molecule has 0 aliphatic rings. The fourth-order valence-corrected chi connectivity index (χ4v) is 3.17. The van der Waals surface area contributed by atoms with Crippen molar-refractivity contribution in [3.8, 4) is 23.7 Å². The van der Waals surface area contributed by atoms with E-state index in [-0.39, 0.29) is 0 Å². The number of hydrogen-bond acceptors (Lipinski definition) is 4. The zero-order valence-corrected chi connectivity index (χ0v) is 15.6. The summed E-state index contributed by atoms with van der Waals surface area (Å²) in [5.74, 6) is 12.8. The third-order valence-corrected chi connectivity index (χ3v) is 4.48. The molecule has 0 bridgehead atoms. The van der Waals surface area contributed by atoms with Gasteiger partial charge in [-0.3, -0.25) is 0 Å². The molecule has 0 amide bonds. The SMILES string of the molecule is CC#Cc1nc2ccc3c(ccc4nc(C#CCCCCCC)oc43)c2o1. The van der Waals surface area contributed by atoms with E-state index in [0.29, 0.717) is 17.4 Å². The lowest BCUT2D eigenvalue weighted by atomic mass is 10.1. The Morgan fingerprint density at radius 3 is 2.04 bits per heavy atom. The van der Waals surface area contributed by atoms with E-state index in [1.54, 1.807) is 6.92 Å². The predicted octanol–water partition coefficient (Wildman–Crippen LogP) is 5.82. The van der Waals surface area contributed by atoms with Crippen molar-refractivity contribution in [3.05, 3.63) is 36.0 Å². The van der Waals surface area contributed by atoms with Gasteiger partial charge in [0.2, 0.25) is 0 Å². The van der Waals surface area contributed by atoms with E-state index in [2.05, 4.69) is 40.6 Å². The van der Waals surface area contributed by atoms with Crippen molar-refractivity contribution in [1.29, 1.82) is 0 Å². The molecule has 2 aromatic carbocycles. The minimum absolute atomic E-state index is 0.423. The van der Waals surface area contributed by atoms with E-state index in [9.17, 15) is 0 Å². The molecule has 2 heterocycles. The molecular weight excluding hydrogens is 336 g/mol. The number of hydrogen-bond donors (Lipinski definition) is 0. The van der Waals surface area contributed by atoms with Gasteiger partial charge in [0.05, 0.1) is 0 Å². The third-order valence-electron chi connectivity index (χ3n) is 4.48. The van der Waals surface area contributed by atoms with Gasteiger partial charge in [-0.25, -0.2) is 9.97 Å². The van der Waals surface area contributed by atoms with Crippen LogP contribution in [0.25, 0.3) is 33.0 Å². The van der Waals surface area contributed by atoms with Gasteiger partial charge in [0, 0.05) is 17.2 Å². The number of rotatable bonds is 4. The fraction of sp³-hybridized carbons (Fsp3) is 0.304. The molecule has 0 aliphatic heterocycles. The maximum atomic E-state index is 5.94. The number of oxazole rings is 2. The molecular formula is C23H20N2O2. The first-order valence-electron chi connectivity index (χ1n) is 9.34. The number of unbranched alkanes of at least 4 members (excludes halogenated alkanes) is 4. The van der Waals surface area contributed by atoms with Crippen LogP contribution in [0.2, 0.25) is 0 Å². The van der Waals surface area contributed by atoms with Crippen molar-refractivity contribution < 1.29 is 8.83 Å². The van der Waals surface area contributed by atoms with E-state index in [1.165, 1.54) is 19.3 Å². The molecule has 2 aromatic heterocycles. The van der Waals surface area contributed by atoms with Gasteiger partial charge in [0.25, 0.3) is 11.8 Å². The van der Waals surface area contributed by atoms with Gasteiger partial charge in [0.1, 0.15) is 11.0 Å². The molecule has 4 aromatic rings. The summed E-state index contributed by atoms with van der Waals surface area (Å²) >= 11 is 0. The molecule has 134 valence electrons. The van der Waals surface area contributed by atoms with Crippen molar-refractivity contribution in [3.63, 3.8) is 0 Å². The van der Waals surface area contributed by atoms with E-state index in [0.717, 1.165) is 40.2 Å². The van der Waals surface area contributed by atoms with Crippen LogP contribution in [0.15, 0.2) is 33.1 Å². The van der Waals surface area contributed by atoms with Crippen LogP contribution in [0, 0.1) is 23.7 Å². The number of fused-ring (bicyclic) bond motifs is 5. The molecule has 0 saturated heterocycles. The molecule has 0 aliphatic carbocycles.